The minimum absolute atomic E-state index is 0. The molecule has 0 aromatic heterocycles. The van der Waals surface area contributed by atoms with E-state index in [2.05, 4.69) is 0 Å². The van der Waals surface area contributed by atoms with Gasteiger partial charge in [-0.05, 0) is 109 Å². The number of rotatable bonds is 9. The van der Waals surface area contributed by atoms with E-state index in [-0.39, 0.29) is 126 Å². The molecule has 0 aliphatic rings. The van der Waals surface area contributed by atoms with Gasteiger partial charge in [0, 0.05) is 50.4 Å². The molecule has 3 N–H and O–H groups in total. The Morgan fingerprint density at radius 3 is 0.387 bits per heavy atom. The molecule has 6 rings (SSSR count). The Labute approximate surface area is 572 Å². The average molecular weight is 1620 g/mol. The molecule has 0 saturated heterocycles. The number of nitriles is 3. The van der Waals surface area contributed by atoms with E-state index >= 15 is 0 Å². The van der Waals surface area contributed by atoms with E-state index in [4.69, 9.17) is 15.8 Å². The summed E-state index contributed by atoms with van der Waals surface area (Å²) < 4.78 is 468. The minimum atomic E-state index is -5.42. The molecule has 6 aromatic rings. The van der Waals surface area contributed by atoms with Crippen molar-refractivity contribution in [2.75, 3.05) is 0 Å². The molecular weight excluding hydrogens is 1600 g/mol. The number of allylic oxidation sites excluding steroid dienone is 3. The minimum Gasteiger partial charge on any atom is -0.506 e. The van der Waals surface area contributed by atoms with Crippen molar-refractivity contribution in [1.82, 2.24) is 0 Å². The van der Waals surface area contributed by atoms with Crippen LogP contribution >= 0.6 is 0 Å². The van der Waals surface area contributed by atoms with Crippen LogP contribution in [0.4, 0.5) is 158 Å². The second kappa shape index (κ2) is 30.9. The van der Waals surface area contributed by atoms with Gasteiger partial charge in [-0.1, -0.05) is 0 Å². The van der Waals surface area contributed by atoms with E-state index in [1.807, 2.05) is 0 Å². The fourth-order valence-corrected chi connectivity index (χ4v) is 8.03. The van der Waals surface area contributed by atoms with Crippen LogP contribution in [0.15, 0.2) is 126 Å². The Kier molecular flexibility index (Phi) is 26.1. The Morgan fingerprint density at radius 2 is 0.302 bits per heavy atom. The standard InChI is InChI=1S/3C20H7F12NO2.Fe/c3*21-17(22,23)10-1-8(2-11(5-10)18(24,25)26)15(34)14(7-33)16(35)9-3-12(19(27,28)29)6-13(4-9)20(30,31)32;/h3*1-6,34H;/b3*15-14-;. The molecule has 46 heteroatoms. The molecule has 106 heavy (non-hydrogen) atoms. The number of hydrogen-bond donors (Lipinski definition) is 3. The molecule has 0 aliphatic heterocycles. The first-order chi connectivity index (χ1) is 47.0. The number of aliphatic hydroxyl groups excluding tert-OH is 3. The molecule has 0 atom stereocenters. The van der Waals surface area contributed by atoms with Gasteiger partial charge in [-0.2, -0.15) is 174 Å². The van der Waals surface area contributed by atoms with E-state index in [1.54, 1.807) is 0 Å². The van der Waals surface area contributed by atoms with Crippen molar-refractivity contribution in [1.29, 1.82) is 15.8 Å². The van der Waals surface area contributed by atoms with Crippen molar-refractivity contribution in [2.45, 2.75) is 74.1 Å². The number of alkyl halides is 36. The van der Waals surface area contributed by atoms with Crippen LogP contribution in [0.1, 0.15) is 115 Å². The smallest absolute Gasteiger partial charge is 0.416 e. The van der Waals surface area contributed by atoms with E-state index in [1.165, 1.54) is 0 Å². The number of halogens is 36. The molecule has 0 saturated carbocycles. The summed E-state index contributed by atoms with van der Waals surface area (Å²) in [6.45, 7) is 0. The average Bonchev–Trinajstić information content (AvgIpc) is 0.798. The van der Waals surface area contributed by atoms with Crippen LogP contribution in [0.3, 0.4) is 0 Å². The second-order valence-electron chi connectivity index (χ2n) is 20.3. The van der Waals surface area contributed by atoms with Gasteiger partial charge in [0.25, 0.3) is 0 Å². The molecule has 6 aromatic carbocycles. The van der Waals surface area contributed by atoms with Crippen molar-refractivity contribution < 1.29 is 205 Å². The molecule has 0 radical (unpaired) electrons. The number of aliphatic hydroxyl groups is 3. The zero-order chi connectivity index (χ0) is 81.4. The molecule has 9 nitrogen and oxygen atoms in total. The summed E-state index contributed by atoms with van der Waals surface area (Å²) in [5.41, 5.74) is -37.5. The largest absolute Gasteiger partial charge is 0.506 e. The molecular formula is C60H21F36FeN3O6. The van der Waals surface area contributed by atoms with E-state index in [0.29, 0.717) is 0 Å². The number of ketones is 3. The summed E-state index contributed by atoms with van der Waals surface area (Å²) in [5, 5.41) is 57.7. The van der Waals surface area contributed by atoms with E-state index < -0.39 is 226 Å². The fraction of sp³-hybridized carbons (Fsp3) is 0.200. The van der Waals surface area contributed by atoms with Crippen LogP contribution in [0.25, 0.3) is 17.3 Å². The van der Waals surface area contributed by atoms with Gasteiger partial charge in [0.05, 0.1) is 66.8 Å². The van der Waals surface area contributed by atoms with Crippen LogP contribution in [-0.4, -0.2) is 32.7 Å². The van der Waals surface area contributed by atoms with Gasteiger partial charge < -0.3 is 15.3 Å². The maximum absolute atomic E-state index is 13.0. The van der Waals surface area contributed by atoms with Gasteiger partial charge in [-0.25, -0.2) is 0 Å². The first kappa shape index (κ1) is 89.6. The molecule has 0 amide bonds. The van der Waals surface area contributed by atoms with Crippen molar-refractivity contribution >= 4 is 34.6 Å². The molecule has 0 unspecified atom stereocenters. The first-order valence-electron chi connectivity index (χ1n) is 25.9. The number of carbonyl (C=O) groups excluding carboxylic acids is 3. The number of hydrogen-bond acceptors (Lipinski definition) is 9. The van der Waals surface area contributed by atoms with E-state index in [9.17, 15) is 188 Å². The predicted octanol–water partition coefficient (Wildman–Crippen LogP) is 22.3. The first-order valence-corrected chi connectivity index (χ1v) is 25.9. The maximum atomic E-state index is 13.0. The van der Waals surface area contributed by atoms with Crippen LogP contribution < -0.4 is 0 Å². The summed E-state index contributed by atoms with van der Waals surface area (Å²) in [7, 11) is 0. The van der Waals surface area contributed by atoms with Crippen molar-refractivity contribution in [3.63, 3.8) is 0 Å². The van der Waals surface area contributed by atoms with Crippen molar-refractivity contribution in [2.24, 2.45) is 0 Å². The maximum Gasteiger partial charge on any atom is 0.416 e. The van der Waals surface area contributed by atoms with Gasteiger partial charge in [0.2, 0.25) is 17.3 Å². The van der Waals surface area contributed by atoms with Gasteiger partial charge >= 0.3 is 74.1 Å². The molecule has 0 fully saturated rings. The molecule has 0 bridgehead atoms. The zero-order valence-electron chi connectivity index (χ0n) is 49.3. The van der Waals surface area contributed by atoms with Crippen LogP contribution in [0.2, 0.25) is 0 Å². The summed E-state index contributed by atoms with van der Waals surface area (Å²) in [6, 6.07) is -0.847. The third kappa shape index (κ3) is 22.7. The number of Topliss-reactive ketones (excluding diaryl/α,β-unsaturated/α-hetero) is 3. The van der Waals surface area contributed by atoms with Gasteiger partial charge in [0.1, 0.15) is 52.2 Å². The summed E-state index contributed by atoms with van der Waals surface area (Å²) >= 11 is 0. The topological polar surface area (TPSA) is 183 Å². The Hall–Kier alpha value is -10.6. The summed E-state index contributed by atoms with van der Waals surface area (Å²) in [6.07, 6.45) is -65.0. The van der Waals surface area contributed by atoms with Crippen LogP contribution in [0.5, 0.6) is 0 Å². The number of carbonyl (C=O) groups is 3. The van der Waals surface area contributed by atoms with Gasteiger partial charge in [-0.3, -0.25) is 14.4 Å². The third-order valence-corrected chi connectivity index (χ3v) is 12.9. The zero-order valence-corrected chi connectivity index (χ0v) is 50.4. The molecule has 0 spiro atoms. The van der Waals surface area contributed by atoms with Crippen molar-refractivity contribution in [3.8, 4) is 18.2 Å². The second-order valence-corrected chi connectivity index (χ2v) is 20.3. The number of nitrogens with zero attached hydrogens (tertiary/aromatic N) is 3. The molecule has 572 valence electrons. The monoisotopic (exact) mass is 1620 g/mol. The normalized spacial score (nSPS) is 13.7. The molecule has 0 aliphatic carbocycles. The SMILES string of the molecule is N#C/C(C(=O)c1cc(C(F)(F)F)cc(C(F)(F)F)c1)=C(/O)c1cc(C(F)(F)F)cc(C(F)(F)F)c1.N#C/C(C(=O)c1cc(C(F)(F)F)cc(C(F)(F)F)c1)=C(/O)c1cc(C(F)(F)F)cc(C(F)(F)F)c1.N#C/C(C(=O)c1cc(C(F)(F)F)cc(C(F)(F)F)c1)=C(/O)c1cc(C(F)(F)F)cc(C(F)(F)F)c1.[Fe]. The Bertz CT molecular complexity index is 3950. The number of benzene rings is 6. The fourth-order valence-electron chi connectivity index (χ4n) is 8.03. The van der Waals surface area contributed by atoms with Crippen LogP contribution in [-0.2, 0) is 91.2 Å². The quantitative estimate of drug-likeness (QED) is 0.0317. The van der Waals surface area contributed by atoms with E-state index in [0.717, 1.165) is 18.2 Å². The van der Waals surface area contributed by atoms with Crippen LogP contribution in [0, 0.1) is 34.0 Å². The Balaban J connectivity index is 0.000000411. The van der Waals surface area contributed by atoms with Gasteiger partial charge in [0.15, 0.2) is 0 Å². The van der Waals surface area contributed by atoms with Gasteiger partial charge in [-0.15, -0.1) is 0 Å². The third-order valence-electron chi connectivity index (χ3n) is 12.9. The predicted molar refractivity (Wildman–Crippen MR) is 277 cm³/mol. The Morgan fingerprint density at radius 1 is 0.208 bits per heavy atom. The summed E-state index contributed by atoms with van der Waals surface area (Å²) in [4.78, 5) is 37.5. The summed E-state index contributed by atoms with van der Waals surface area (Å²) in [5.74, 6) is -11.6. The molecule has 0 heterocycles. The van der Waals surface area contributed by atoms with Crippen molar-refractivity contribution in [3.05, 3.63) is 226 Å².